The van der Waals surface area contributed by atoms with Crippen LogP contribution in [0.1, 0.15) is 82.7 Å². The molecular formula is C21H33N3O. The maximum atomic E-state index is 11.9. The van der Waals surface area contributed by atoms with Gasteiger partial charge in [0.05, 0.1) is 11.4 Å². The molecule has 3 unspecified atom stereocenters. The first-order chi connectivity index (χ1) is 11.8. The van der Waals surface area contributed by atoms with Crippen LogP contribution < -0.4 is 11.1 Å². The summed E-state index contributed by atoms with van der Waals surface area (Å²) in [6.07, 6.45) is 7.82. The van der Waals surface area contributed by atoms with Gasteiger partial charge < -0.3 is 11.1 Å². The summed E-state index contributed by atoms with van der Waals surface area (Å²) in [7, 11) is 0. The zero-order valence-electron chi connectivity index (χ0n) is 16.2. The summed E-state index contributed by atoms with van der Waals surface area (Å²) in [6, 6.07) is 1.95. The lowest BCUT2D eigenvalue weighted by molar-refractivity contribution is -0.119. The second-order valence-electron chi connectivity index (χ2n) is 8.96. The molecule has 0 saturated heterocycles. The fourth-order valence-electron chi connectivity index (χ4n) is 4.43. The van der Waals surface area contributed by atoms with Gasteiger partial charge in [-0.05, 0) is 48.6 Å². The zero-order valence-corrected chi connectivity index (χ0v) is 16.2. The predicted octanol–water partition coefficient (Wildman–Crippen LogP) is 4.18. The Morgan fingerprint density at radius 3 is 2.76 bits per heavy atom. The van der Waals surface area contributed by atoms with Gasteiger partial charge in [-0.25, -0.2) is 0 Å². The van der Waals surface area contributed by atoms with Crippen LogP contribution in [0.15, 0.2) is 6.07 Å². The number of hydrogen-bond donors (Lipinski definition) is 2. The number of aryl methyl sites for hydroxylation is 1. The van der Waals surface area contributed by atoms with Crippen LogP contribution in [0.4, 0.5) is 5.69 Å². The van der Waals surface area contributed by atoms with Crippen LogP contribution in [0, 0.1) is 11.3 Å². The van der Waals surface area contributed by atoms with E-state index in [2.05, 4.69) is 39.1 Å². The highest BCUT2D eigenvalue weighted by atomic mass is 16.1. The number of nitrogens with one attached hydrogen (secondary N) is 1. The minimum absolute atomic E-state index is 0.129. The van der Waals surface area contributed by atoms with Crippen molar-refractivity contribution < 1.29 is 4.79 Å². The predicted molar refractivity (Wildman–Crippen MR) is 103 cm³/mol. The molecule has 3 N–H and O–H groups in total. The van der Waals surface area contributed by atoms with Crippen molar-refractivity contribution in [2.45, 2.75) is 84.6 Å². The molecule has 0 fully saturated rings. The van der Waals surface area contributed by atoms with Crippen LogP contribution in [0.3, 0.4) is 0 Å². The second kappa shape index (κ2) is 6.97. The summed E-state index contributed by atoms with van der Waals surface area (Å²) >= 11 is 0. The van der Waals surface area contributed by atoms with Crippen molar-refractivity contribution in [3.05, 3.63) is 23.0 Å². The van der Waals surface area contributed by atoms with E-state index in [9.17, 15) is 4.79 Å². The Hall–Kier alpha value is -1.58. The smallest absolute Gasteiger partial charge is 0.240 e. The molecule has 1 aromatic heterocycles. The van der Waals surface area contributed by atoms with E-state index in [0.29, 0.717) is 11.3 Å². The zero-order chi connectivity index (χ0) is 18.2. The third kappa shape index (κ3) is 3.68. The molecule has 2 aliphatic rings. The Morgan fingerprint density at radius 2 is 2.12 bits per heavy atom. The first-order valence-corrected chi connectivity index (χ1v) is 9.89. The van der Waals surface area contributed by atoms with E-state index in [0.717, 1.165) is 37.1 Å². The van der Waals surface area contributed by atoms with Crippen molar-refractivity contribution in [2.24, 2.45) is 17.1 Å². The van der Waals surface area contributed by atoms with Gasteiger partial charge >= 0.3 is 0 Å². The van der Waals surface area contributed by atoms with E-state index < -0.39 is 0 Å². The molecule has 3 rings (SSSR count). The Labute approximate surface area is 152 Å². The monoisotopic (exact) mass is 343 g/mol. The van der Waals surface area contributed by atoms with E-state index in [4.69, 9.17) is 10.7 Å². The van der Waals surface area contributed by atoms with Crippen molar-refractivity contribution in [3.8, 4) is 0 Å². The average molecular weight is 344 g/mol. The second-order valence-corrected chi connectivity index (χ2v) is 8.96. The molecule has 1 aromatic rings. The van der Waals surface area contributed by atoms with Crippen LogP contribution in [0.25, 0.3) is 0 Å². The van der Waals surface area contributed by atoms with Gasteiger partial charge in [-0.3, -0.25) is 9.78 Å². The van der Waals surface area contributed by atoms with Gasteiger partial charge in [0.1, 0.15) is 6.04 Å². The van der Waals surface area contributed by atoms with E-state index in [1.807, 2.05) is 0 Å². The molecule has 1 aliphatic heterocycles. The van der Waals surface area contributed by atoms with Crippen LogP contribution in [-0.4, -0.2) is 16.9 Å². The van der Waals surface area contributed by atoms with E-state index >= 15 is 0 Å². The number of amides is 1. The van der Waals surface area contributed by atoms with Gasteiger partial charge in [-0.2, -0.15) is 0 Å². The number of aromatic nitrogens is 1. The largest absolute Gasteiger partial charge is 0.372 e. The third-order valence-corrected chi connectivity index (χ3v) is 6.13. The quantitative estimate of drug-likeness (QED) is 0.788. The summed E-state index contributed by atoms with van der Waals surface area (Å²) in [4.78, 5) is 17.0. The average Bonchev–Trinajstić information content (AvgIpc) is 2.89. The van der Waals surface area contributed by atoms with Crippen LogP contribution in [0.2, 0.25) is 0 Å². The highest BCUT2D eigenvalue weighted by Crippen LogP contribution is 2.42. The first-order valence-electron chi connectivity index (χ1n) is 9.89. The maximum Gasteiger partial charge on any atom is 0.240 e. The molecule has 0 spiro atoms. The highest BCUT2D eigenvalue weighted by molar-refractivity contribution is 5.87. The van der Waals surface area contributed by atoms with Gasteiger partial charge in [-0.1, -0.05) is 47.0 Å². The molecule has 138 valence electrons. The maximum absolute atomic E-state index is 11.9. The lowest BCUT2D eigenvalue weighted by atomic mass is 9.71. The SMILES string of the molecule is CCCCCC1c2nc3c(cc2NC1C(N)=O)CC(C(C)(C)C)CC3. The Balaban J connectivity index is 1.87. The van der Waals surface area contributed by atoms with Gasteiger partial charge in [0.25, 0.3) is 0 Å². The number of rotatable bonds is 5. The Bertz CT molecular complexity index is 647. The minimum Gasteiger partial charge on any atom is -0.372 e. The van der Waals surface area contributed by atoms with Crippen LogP contribution in [-0.2, 0) is 17.6 Å². The lowest BCUT2D eigenvalue weighted by Gasteiger charge is -2.34. The molecule has 4 nitrogen and oxygen atoms in total. The van der Waals surface area contributed by atoms with Crippen molar-refractivity contribution in [1.82, 2.24) is 4.98 Å². The number of nitrogens with zero attached hydrogens (tertiary/aromatic N) is 1. The van der Waals surface area contributed by atoms with Crippen molar-refractivity contribution in [2.75, 3.05) is 5.32 Å². The molecule has 0 saturated carbocycles. The van der Waals surface area contributed by atoms with E-state index in [-0.39, 0.29) is 17.9 Å². The molecular weight excluding hydrogens is 310 g/mol. The van der Waals surface area contributed by atoms with Crippen molar-refractivity contribution >= 4 is 11.6 Å². The molecule has 25 heavy (non-hydrogen) atoms. The van der Waals surface area contributed by atoms with Crippen LogP contribution in [0.5, 0.6) is 0 Å². The Morgan fingerprint density at radius 1 is 1.36 bits per heavy atom. The molecule has 1 amide bonds. The third-order valence-electron chi connectivity index (χ3n) is 6.13. The van der Waals surface area contributed by atoms with Crippen molar-refractivity contribution in [3.63, 3.8) is 0 Å². The molecule has 1 aliphatic carbocycles. The summed E-state index contributed by atoms with van der Waals surface area (Å²) < 4.78 is 0. The fraction of sp³-hybridized carbons (Fsp3) is 0.714. The number of anilines is 1. The molecule has 2 heterocycles. The molecule has 0 bridgehead atoms. The minimum atomic E-state index is -0.304. The summed E-state index contributed by atoms with van der Waals surface area (Å²) in [6.45, 7) is 9.18. The molecule has 0 aromatic carbocycles. The number of hydrogen-bond acceptors (Lipinski definition) is 3. The van der Waals surface area contributed by atoms with E-state index in [1.165, 1.54) is 30.5 Å². The summed E-state index contributed by atoms with van der Waals surface area (Å²) in [5.41, 5.74) is 10.7. The highest BCUT2D eigenvalue weighted by Gasteiger charge is 2.38. The summed E-state index contributed by atoms with van der Waals surface area (Å²) in [5, 5.41) is 3.38. The Kier molecular flexibility index (Phi) is 5.08. The van der Waals surface area contributed by atoms with Gasteiger partial charge in [0.2, 0.25) is 5.91 Å². The van der Waals surface area contributed by atoms with E-state index in [1.54, 1.807) is 0 Å². The normalized spacial score (nSPS) is 25.2. The first kappa shape index (κ1) is 18.2. The standard InChI is InChI=1S/C21H33N3O/c1-5-6-7-8-15-18-17(24-19(15)20(22)25)12-13-11-14(21(2,3)4)9-10-16(13)23-18/h12,14-15,19,24H,5-11H2,1-4H3,(H2,22,25). The van der Waals surface area contributed by atoms with Crippen LogP contribution >= 0.6 is 0 Å². The lowest BCUT2D eigenvalue weighted by Crippen LogP contribution is -2.36. The van der Waals surface area contributed by atoms with Gasteiger partial charge in [-0.15, -0.1) is 0 Å². The van der Waals surface area contributed by atoms with Gasteiger partial charge in [0, 0.05) is 11.6 Å². The van der Waals surface area contributed by atoms with Gasteiger partial charge in [0.15, 0.2) is 0 Å². The fourth-order valence-corrected chi connectivity index (χ4v) is 4.43. The topological polar surface area (TPSA) is 68.0 Å². The summed E-state index contributed by atoms with van der Waals surface area (Å²) in [5.74, 6) is 0.559. The molecule has 4 heteroatoms. The molecule has 0 radical (unpaired) electrons. The van der Waals surface area contributed by atoms with Crippen molar-refractivity contribution in [1.29, 1.82) is 0 Å². The number of primary amides is 1. The number of fused-ring (bicyclic) bond motifs is 2. The number of nitrogens with two attached hydrogens (primary N) is 1. The molecule has 3 atom stereocenters. The number of carbonyl (C=O) groups excluding carboxylic acids is 1. The number of pyridine rings is 1. The number of unbranched alkanes of at least 4 members (excludes halogenated alkanes) is 2. The number of carbonyl (C=O) groups is 1.